The van der Waals surface area contributed by atoms with Crippen LogP contribution in [0.1, 0.15) is 11.7 Å². The van der Waals surface area contributed by atoms with Gasteiger partial charge < -0.3 is 10.1 Å². The van der Waals surface area contributed by atoms with E-state index in [4.69, 9.17) is 4.74 Å². The average molecular weight is 239 g/mol. The molecule has 1 N–H and O–H groups in total. The maximum atomic E-state index is 5.62. The first kappa shape index (κ1) is 11.7. The third kappa shape index (κ3) is 1.61. The molecule has 2 aliphatic rings. The van der Waals surface area contributed by atoms with E-state index in [0.29, 0.717) is 18.8 Å². The lowest BCUT2D eigenvalue weighted by atomic mass is 10.2. The van der Waals surface area contributed by atoms with Gasteiger partial charge in [-0.15, -0.1) is 29.9 Å². The van der Waals surface area contributed by atoms with Crippen LogP contribution < -0.4 is 5.32 Å². The van der Waals surface area contributed by atoms with Crippen LogP contribution in [0.2, 0.25) is 0 Å². The molecule has 3 rings (SSSR count). The second-order valence-electron chi connectivity index (χ2n) is 3.24. The van der Waals surface area contributed by atoms with Gasteiger partial charge in [0.15, 0.2) is 0 Å². The molecule has 1 fully saturated rings. The Morgan fingerprint density at radius 2 is 2.29 bits per heavy atom. The number of hydrogen-bond donors (Lipinski definition) is 1. The molecule has 2 aliphatic heterocycles. The largest absolute Gasteiger partial charge is 0.368 e. The quantitative estimate of drug-likeness (QED) is 0.701. The van der Waals surface area contributed by atoms with Gasteiger partial charge in [0.25, 0.3) is 0 Å². The molecule has 80 valence electrons. The highest BCUT2D eigenvalue weighted by Crippen LogP contribution is 2.25. The molecular weight excluding hydrogens is 227 g/mol. The van der Waals surface area contributed by atoms with E-state index in [1.807, 2.05) is 4.68 Å². The van der Waals surface area contributed by atoms with Gasteiger partial charge in [-0.05, 0) is 0 Å². The first-order valence-electron chi connectivity index (χ1n) is 4.16. The normalized spacial score (nSPS) is 28.3. The van der Waals surface area contributed by atoms with E-state index >= 15 is 0 Å². The highest BCUT2D eigenvalue weighted by atomic mass is 35.5. The Balaban J connectivity index is 0.000000490. The molecule has 2 atom stereocenters. The highest BCUT2D eigenvalue weighted by molar-refractivity contribution is 5.85. The topological polar surface area (TPSA) is 52.0 Å². The van der Waals surface area contributed by atoms with Crippen molar-refractivity contribution in [3.63, 3.8) is 0 Å². The van der Waals surface area contributed by atoms with Gasteiger partial charge in [0, 0.05) is 13.1 Å². The van der Waals surface area contributed by atoms with Gasteiger partial charge in [-0.25, -0.2) is 4.68 Å². The smallest absolute Gasteiger partial charge is 0.0941 e. The Morgan fingerprint density at radius 1 is 1.43 bits per heavy atom. The zero-order valence-electron chi connectivity index (χ0n) is 7.42. The zero-order chi connectivity index (χ0) is 7.97. The van der Waals surface area contributed by atoms with E-state index in [-0.39, 0.29) is 24.8 Å². The van der Waals surface area contributed by atoms with E-state index in [0.717, 1.165) is 18.8 Å². The molecule has 3 heterocycles. The van der Waals surface area contributed by atoms with Crippen LogP contribution in [0.25, 0.3) is 0 Å². The Hall–Kier alpha value is -0.360. The second kappa shape index (κ2) is 4.44. The van der Waals surface area contributed by atoms with E-state index in [9.17, 15) is 0 Å². The molecule has 1 aromatic heterocycles. The molecule has 0 aromatic carbocycles. The number of ether oxygens (including phenoxy) is 1. The van der Waals surface area contributed by atoms with Crippen molar-refractivity contribution >= 4 is 24.8 Å². The van der Waals surface area contributed by atoms with Crippen LogP contribution in [-0.4, -0.2) is 34.2 Å². The zero-order valence-corrected chi connectivity index (χ0v) is 9.05. The summed E-state index contributed by atoms with van der Waals surface area (Å²) in [6.07, 6.45) is 2.06. The Labute approximate surface area is 94.0 Å². The summed E-state index contributed by atoms with van der Waals surface area (Å²) in [5.74, 6) is 0. The van der Waals surface area contributed by atoms with Crippen molar-refractivity contribution in [2.45, 2.75) is 18.8 Å². The third-order valence-electron chi connectivity index (χ3n) is 2.54. The fourth-order valence-electron chi connectivity index (χ4n) is 1.89. The van der Waals surface area contributed by atoms with Gasteiger partial charge in [-0.3, -0.25) is 0 Å². The standard InChI is InChI=1S/C7H10N4O.2ClH/c1-5-4-12-7-3-8-2-6(7)11(5)10-9-1;;/h1,6-8H,2-4H2;2*1H/t6-,7-;;/m1../s1. The van der Waals surface area contributed by atoms with Gasteiger partial charge in [0.1, 0.15) is 0 Å². The number of nitrogens with one attached hydrogen (secondary N) is 1. The summed E-state index contributed by atoms with van der Waals surface area (Å²) < 4.78 is 7.60. The van der Waals surface area contributed by atoms with Gasteiger partial charge >= 0.3 is 0 Å². The molecule has 0 saturated carbocycles. The Bertz CT molecular complexity index is 306. The summed E-state index contributed by atoms with van der Waals surface area (Å²) in [4.78, 5) is 0. The van der Waals surface area contributed by atoms with Crippen LogP contribution in [-0.2, 0) is 11.3 Å². The summed E-state index contributed by atoms with van der Waals surface area (Å²) in [7, 11) is 0. The molecule has 1 aromatic rings. The number of aromatic nitrogens is 3. The van der Waals surface area contributed by atoms with E-state index in [1.54, 1.807) is 6.20 Å². The molecule has 0 radical (unpaired) electrons. The minimum Gasteiger partial charge on any atom is -0.368 e. The lowest BCUT2D eigenvalue weighted by Gasteiger charge is -2.25. The fourth-order valence-corrected chi connectivity index (χ4v) is 1.89. The van der Waals surface area contributed by atoms with Crippen molar-refractivity contribution in [3.8, 4) is 0 Å². The van der Waals surface area contributed by atoms with Crippen molar-refractivity contribution in [1.82, 2.24) is 20.3 Å². The van der Waals surface area contributed by atoms with E-state index < -0.39 is 0 Å². The summed E-state index contributed by atoms with van der Waals surface area (Å²) in [6, 6.07) is 0.358. The lowest BCUT2D eigenvalue weighted by molar-refractivity contribution is -0.00289. The summed E-state index contributed by atoms with van der Waals surface area (Å²) in [6.45, 7) is 2.53. The molecule has 5 nitrogen and oxygen atoms in total. The first-order chi connectivity index (χ1) is 5.95. The molecule has 7 heteroatoms. The average Bonchev–Trinajstić information content (AvgIpc) is 2.71. The fraction of sp³-hybridized carbons (Fsp3) is 0.714. The Kier molecular flexibility index (Phi) is 3.71. The highest BCUT2D eigenvalue weighted by Gasteiger charge is 2.34. The van der Waals surface area contributed by atoms with Crippen molar-refractivity contribution in [2.75, 3.05) is 13.1 Å². The lowest BCUT2D eigenvalue weighted by Crippen LogP contribution is -2.32. The van der Waals surface area contributed by atoms with Crippen molar-refractivity contribution in [2.24, 2.45) is 0 Å². The van der Waals surface area contributed by atoms with Gasteiger partial charge in [0.05, 0.1) is 30.6 Å². The monoisotopic (exact) mass is 238 g/mol. The SMILES string of the molecule is Cl.Cl.c1nnn2c1CO[C@@H]1CNC[C@H]12. The van der Waals surface area contributed by atoms with Crippen LogP contribution in [0.5, 0.6) is 0 Å². The molecule has 0 bridgehead atoms. The maximum absolute atomic E-state index is 5.62. The van der Waals surface area contributed by atoms with Crippen molar-refractivity contribution < 1.29 is 4.74 Å². The predicted octanol–water partition coefficient (Wildman–Crippen LogP) is 0.165. The molecule has 0 amide bonds. The minimum absolute atomic E-state index is 0. The van der Waals surface area contributed by atoms with Gasteiger partial charge in [-0.1, -0.05) is 5.21 Å². The van der Waals surface area contributed by atoms with Crippen LogP contribution in [0.4, 0.5) is 0 Å². The Morgan fingerprint density at radius 3 is 3.14 bits per heavy atom. The first-order valence-corrected chi connectivity index (χ1v) is 4.16. The number of hydrogen-bond acceptors (Lipinski definition) is 4. The summed E-state index contributed by atoms with van der Waals surface area (Å²) in [5.41, 5.74) is 1.08. The predicted molar refractivity (Wildman–Crippen MR) is 55.0 cm³/mol. The number of rotatable bonds is 0. The second-order valence-corrected chi connectivity index (χ2v) is 3.24. The van der Waals surface area contributed by atoms with Crippen molar-refractivity contribution in [1.29, 1.82) is 0 Å². The third-order valence-corrected chi connectivity index (χ3v) is 2.54. The molecular formula is C7H12Cl2N4O. The summed E-state index contributed by atoms with van der Waals surface area (Å²) in [5, 5.41) is 11.2. The number of fused-ring (bicyclic) bond motifs is 3. The van der Waals surface area contributed by atoms with Crippen LogP contribution in [0, 0.1) is 0 Å². The van der Waals surface area contributed by atoms with Gasteiger partial charge in [0.2, 0.25) is 0 Å². The van der Waals surface area contributed by atoms with Crippen LogP contribution in [0.15, 0.2) is 6.20 Å². The summed E-state index contributed by atoms with van der Waals surface area (Å²) >= 11 is 0. The number of halogens is 2. The molecule has 14 heavy (non-hydrogen) atoms. The molecule has 0 unspecified atom stereocenters. The minimum atomic E-state index is 0. The van der Waals surface area contributed by atoms with Crippen LogP contribution >= 0.6 is 24.8 Å². The van der Waals surface area contributed by atoms with Crippen LogP contribution in [0.3, 0.4) is 0 Å². The van der Waals surface area contributed by atoms with E-state index in [1.165, 1.54) is 0 Å². The van der Waals surface area contributed by atoms with Crippen molar-refractivity contribution in [3.05, 3.63) is 11.9 Å². The van der Waals surface area contributed by atoms with Gasteiger partial charge in [-0.2, -0.15) is 0 Å². The number of nitrogens with zero attached hydrogens (tertiary/aromatic N) is 3. The molecule has 0 aliphatic carbocycles. The molecule has 1 saturated heterocycles. The van der Waals surface area contributed by atoms with E-state index in [2.05, 4.69) is 15.6 Å². The molecule has 0 spiro atoms. The maximum Gasteiger partial charge on any atom is 0.0941 e.